The van der Waals surface area contributed by atoms with Gasteiger partial charge in [0.2, 0.25) is 11.8 Å². The maximum atomic E-state index is 12.6. The Morgan fingerprint density at radius 2 is 1.70 bits per heavy atom. The standard InChI is InChI=1S/C25H30N4O4/c1-15-8-6-7-9-21(15)16(2)22-14-23(29-28-22)27-25(31)17(3)26-24(30)12-18-10-19(32-4)13-20(11-18)33-5/h6-11,13-14,16-17H,12H2,1-5H3,(H,26,30)(H2,27,28,29,31). The van der Waals surface area contributed by atoms with Gasteiger partial charge in [-0.05, 0) is 42.7 Å². The number of aromatic amines is 1. The molecule has 2 aromatic carbocycles. The first-order valence-corrected chi connectivity index (χ1v) is 10.7. The van der Waals surface area contributed by atoms with Crippen molar-refractivity contribution >= 4 is 17.6 Å². The quantitative estimate of drug-likeness (QED) is 0.462. The van der Waals surface area contributed by atoms with E-state index in [9.17, 15) is 9.59 Å². The van der Waals surface area contributed by atoms with Crippen LogP contribution in [0.15, 0.2) is 48.5 Å². The number of hydrogen-bond donors (Lipinski definition) is 3. The van der Waals surface area contributed by atoms with E-state index >= 15 is 0 Å². The summed E-state index contributed by atoms with van der Waals surface area (Å²) in [7, 11) is 3.10. The molecule has 2 unspecified atom stereocenters. The predicted octanol–water partition coefficient (Wildman–Crippen LogP) is 3.57. The number of methoxy groups -OCH3 is 2. The average molecular weight is 451 g/mol. The van der Waals surface area contributed by atoms with Crippen molar-refractivity contribution in [1.29, 1.82) is 0 Å². The van der Waals surface area contributed by atoms with Gasteiger partial charge in [-0.1, -0.05) is 31.2 Å². The van der Waals surface area contributed by atoms with Crippen LogP contribution >= 0.6 is 0 Å². The van der Waals surface area contributed by atoms with Crippen LogP contribution in [-0.4, -0.2) is 42.3 Å². The van der Waals surface area contributed by atoms with Crippen LogP contribution in [-0.2, 0) is 16.0 Å². The minimum atomic E-state index is -0.731. The number of benzene rings is 2. The Hall–Kier alpha value is -3.81. The number of hydrogen-bond acceptors (Lipinski definition) is 5. The number of amides is 2. The summed E-state index contributed by atoms with van der Waals surface area (Å²) < 4.78 is 10.5. The summed E-state index contributed by atoms with van der Waals surface area (Å²) in [6.45, 7) is 5.76. The van der Waals surface area contributed by atoms with E-state index in [0.29, 0.717) is 17.3 Å². The largest absolute Gasteiger partial charge is 0.497 e. The van der Waals surface area contributed by atoms with Gasteiger partial charge < -0.3 is 20.1 Å². The number of nitrogens with one attached hydrogen (secondary N) is 3. The van der Waals surface area contributed by atoms with E-state index in [-0.39, 0.29) is 24.2 Å². The van der Waals surface area contributed by atoms with Crippen LogP contribution in [0.5, 0.6) is 11.5 Å². The molecule has 2 atom stereocenters. The van der Waals surface area contributed by atoms with Crippen LogP contribution < -0.4 is 20.1 Å². The highest BCUT2D eigenvalue weighted by Crippen LogP contribution is 2.26. The Kier molecular flexibility index (Phi) is 7.71. The van der Waals surface area contributed by atoms with Gasteiger partial charge in [0.25, 0.3) is 0 Å². The average Bonchev–Trinajstić information content (AvgIpc) is 3.26. The highest BCUT2D eigenvalue weighted by Gasteiger charge is 2.19. The van der Waals surface area contributed by atoms with Gasteiger partial charge in [-0.15, -0.1) is 0 Å². The van der Waals surface area contributed by atoms with Gasteiger partial charge in [0.1, 0.15) is 23.4 Å². The van der Waals surface area contributed by atoms with Crippen LogP contribution in [0, 0.1) is 6.92 Å². The lowest BCUT2D eigenvalue weighted by Crippen LogP contribution is -2.42. The third-order valence-electron chi connectivity index (χ3n) is 5.50. The van der Waals surface area contributed by atoms with E-state index in [4.69, 9.17) is 9.47 Å². The first-order valence-electron chi connectivity index (χ1n) is 10.7. The lowest BCUT2D eigenvalue weighted by atomic mass is 9.94. The van der Waals surface area contributed by atoms with Crippen LogP contribution in [0.2, 0.25) is 0 Å². The molecule has 33 heavy (non-hydrogen) atoms. The molecular weight excluding hydrogens is 420 g/mol. The number of H-pyrrole nitrogens is 1. The molecule has 1 aromatic heterocycles. The topological polar surface area (TPSA) is 105 Å². The maximum Gasteiger partial charge on any atom is 0.247 e. The molecule has 1 heterocycles. The van der Waals surface area contributed by atoms with E-state index in [1.165, 1.54) is 11.1 Å². The summed E-state index contributed by atoms with van der Waals surface area (Å²) in [6, 6.07) is 14.5. The molecule has 0 radical (unpaired) electrons. The first-order chi connectivity index (χ1) is 15.8. The lowest BCUT2D eigenvalue weighted by Gasteiger charge is -2.14. The number of rotatable bonds is 9. The summed E-state index contributed by atoms with van der Waals surface area (Å²) in [4.78, 5) is 25.1. The SMILES string of the molecule is COc1cc(CC(=O)NC(C)C(=O)Nc2cc(C(C)c3ccccc3C)n[nH]2)cc(OC)c1. The fourth-order valence-corrected chi connectivity index (χ4v) is 3.61. The molecule has 0 spiro atoms. The third kappa shape index (κ3) is 6.12. The van der Waals surface area contributed by atoms with Crippen molar-refractivity contribution in [2.45, 2.75) is 39.2 Å². The Labute approximate surface area is 193 Å². The number of ether oxygens (including phenoxy) is 2. The molecular formula is C25H30N4O4. The first kappa shape index (κ1) is 23.8. The Bertz CT molecular complexity index is 1100. The Balaban J connectivity index is 1.58. The van der Waals surface area contributed by atoms with Crippen LogP contribution in [0.4, 0.5) is 5.82 Å². The molecule has 0 saturated carbocycles. The van der Waals surface area contributed by atoms with Crippen molar-refractivity contribution in [2.24, 2.45) is 0 Å². The Morgan fingerprint density at radius 1 is 1.03 bits per heavy atom. The fourth-order valence-electron chi connectivity index (χ4n) is 3.61. The zero-order valence-electron chi connectivity index (χ0n) is 19.6. The highest BCUT2D eigenvalue weighted by molar-refractivity contribution is 5.96. The van der Waals surface area contributed by atoms with Crippen molar-refractivity contribution in [3.05, 3.63) is 70.9 Å². The molecule has 0 aliphatic carbocycles. The van der Waals surface area contributed by atoms with E-state index in [1.54, 1.807) is 39.3 Å². The minimum Gasteiger partial charge on any atom is -0.497 e. The molecule has 8 heteroatoms. The van der Waals surface area contributed by atoms with Gasteiger partial charge in [-0.2, -0.15) is 5.10 Å². The highest BCUT2D eigenvalue weighted by atomic mass is 16.5. The molecule has 0 aliphatic heterocycles. The zero-order chi connectivity index (χ0) is 24.0. The summed E-state index contributed by atoms with van der Waals surface area (Å²) in [5, 5.41) is 12.7. The molecule has 3 N–H and O–H groups in total. The number of carbonyl (C=O) groups excluding carboxylic acids is 2. The number of aromatic nitrogens is 2. The van der Waals surface area contributed by atoms with Crippen molar-refractivity contribution in [3.63, 3.8) is 0 Å². The normalized spacial score (nSPS) is 12.5. The molecule has 0 saturated heterocycles. The van der Waals surface area contributed by atoms with Gasteiger partial charge in [0.15, 0.2) is 0 Å². The number of nitrogens with zero attached hydrogens (tertiary/aromatic N) is 1. The molecule has 3 rings (SSSR count). The Morgan fingerprint density at radius 3 is 2.33 bits per heavy atom. The molecule has 0 bridgehead atoms. The molecule has 174 valence electrons. The second-order valence-corrected chi connectivity index (χ2v) is 7.96. The fraction of sp³-hybridized carbons (Fsp3) is 0.320. The minimum absolute atomic E-state index is 0.0742. The maximum absolute atomic E-state index is 12.6. The monoisotopic (exact) mass is 450 g/mol. The van der Waals surface area contributed by atoms with Gasteiger partial charge in [-0.25, -0.2) is 0 Å². The number of carbonyl (C=O) groups is 2. The van der Waals surface area contributed by atoms with Crippen molar-refractivity contribution < 1.29 is 19.1 Å². The van der Waals surface area contributed by atoms with Crippen molar-refractivity contribution in [1.82, 2.24) is 15.5 Å². The summed E-state index contributed by atoms with van der Waals surface area (Å²) >= 11 is 0. The molecule has 8 nitrogen and oxygen atoms in total. The van der Waals surface area contributed by atoms with E-state index in [2.05, 4.69) is 46.8 Å². The van der Waals surface area contributed by atoms with Gasteiger partial charge >= 0.3 is 0 Å². The molecule has 0 aliphatic rings. The molecule has 2 amide bonds. The number of anilines is 1. The summed E-state index contributed by atoms with van der Waals surface area (Å²) in [5.74, 6) is 1.12. The van der Waals surface area contributed by atoms with Gasteiger partial charge in [0.05, 0.1) is 26.3 Å². The lowest BCUT2D eigenvalue weighted by molar-refractivity contribution is -0.125. The molecule has 0 fully saturated rings. The molecule has 3 aromatic rings. The summed E-state index contributed by atoms with van der Waals surface area (Å²) in [6.07, 6.45) is 0.0906. The van der Waals surface area contributed by atoms with Crippen LogP contribution in [0.3, 0.4) is 0 Å². The van der Waals surface area contributed by atoms with Gasteiger partial charge in [-0.3, -0.25) is 14.7 Å². The van der Waals surface area contributed by atoms with E-state index in [1.807, 2.05) is 18.2 Å². The van der Waals surface area contributed by atoms with Crippen LogP contribution in [0.1, 0.15) is 42.1 Å². The van der Waals surface area contributed by atoms with Crippen molar-refractivity contribution in [3.8, 4) is 11.5 Å². The second-order valence-electron chi connectivity index (χ2n) is 7.96. The predicted molar refractivity (Wildman–Crippen MR) is 127 cm³/mol. The second kappa shape index (κ2) is 10.7. The van der Waals surface area contributed by atoms with Crippen LogP contribution in [0.25, 0.3) is 0 Å². The van der Waals surface area contributed by atoms with Gasteiger partial charge in [0, 0.05) is 18.1 Å². The zero-order valence-corrected chi connectivity index (χ0v) is 19.6. The summed E-state index contributed by atoms with van der Waals surface area (Å²) in [5.41, 5.74) is 3.91. The third-order valence-corrected chi connectivity index (χ3v) is 5.50. The van der Waals surface area contributed by atoms with E-state index < -0.39 is 6.04 Å². The smallest absolute Gasteiger partial charge is 0.247 e. The van der Waals surface area contributed by atoms with E-state index in [0.717, 1.165) is 11.3 Å². The number of aryl methyl sites for hydroxylation is 1. The van der Waals surface area contributed by atoms with Crippen molar-refractivity contribution in [2.75, 3.05) is 19.5 Å².